The van der Waals surface area contributed by atoms with Crippen LogP contribution in [0.15, 0.2) is 103 Å². The molecule has 1 aliphatic rings. The van der Waals surface area contributed by atoms with Crippen molar-refractivity contribution < 1.29 is 0 Å². The molecule has 4 aromatic rings. The van der Waals surface area contributed by atoms with Crippen LogP contribution in [0.2, 0.25) is 0 Å². The van der Waals surface area contributed by atoms with E-state index in [2.05, 4.69) is 48.4 Å². The van der Waals surface area contributed by atoms with Gasteiger partial charge < -0.3 is 9.13 Å². The first-order valence-electron chi connectivity index (χ1n) is 10.6. The van der Waals surface area contributed by atoms with Gasteiger partial charge in [-0.1, -0.05) is 54.6 Å². The van der Waals surface area contributed by atoms with Gasteiger partial charge in [0, 0.05) is 68.5 Å². The van der Waals surface area contributed by atoms with Crippen LogP contribution in [-0.4, -0.2) is 25.3 Å². The quantitative estimate of drug-likeness (QED) is 0.304. The molecule has 0 radical (unpaired) electrons. The molecule has 3 heterocycles. The first-order valence-corrected chi connectivity index (χ1v) is 11.7. The van der Waals surface area contributed by atoms with E-state index in [1.807, 2.05) is 61.6 Å². The molecule has 0 bridgehead atoms. The molecule has 33 heavy (non-hydrogen) atoms. The van der Waals surface area contributed by atoms with E-state index in [4.69, 9.17) is 23.2 Å². The summed E-state index contributed by atoms with van der Waals surface area (Å²) in [6.45, 7) is 1.70. The fourth-order valence-corrected chi connectivity index (χ4v) is 3.66. The Morgan fingerprint density at radius 3 is 1.48 bits per heavy atom. The summed E-state index contributed by atoms with van der Waals surface area (Å²) in [6, 6.07) is 16.4. The molecule has 7 heteroatoms. The Labute approximate surface area is 205 Å². The van der Waals surface area contributed by atoms with E-state index < -0.39 is 0 Å². The number of nitrogens with zero attached hydrogens (tertiary/aromatic N) is 5. The second-order valence-electron chi connectivity index (χ2n) is 7.23. The van der Waals surface area contributed by atoms with Crippen molar-refractivity contribution in [3.05, 3.63) is 121 Å². The standard InChI is InChI=1S/C14H14N4.C8H8Cl2.C4H5N/c1-2-4-14(10-18-8-6-16-12-18)13(3-1)9-17-7-5-15-11-17;9-5-7-3-1-2-4-8(7)6-10;1-2-4-5-3-1/h1-8,11-12H,9-10H2;1-4H,5-6H2;1,3-4H,2H2. The highest BCUT2D eigenvalue weighted by Gasteiger charge is 2.03. The minimum atomic E-state index is 0.545. The van der Waals surface area contributed by atoms with Gasteiger partial charge >= 0.3 is 0 Å². The predicted octanol–water partition coefficient (Wildman–Crippen LogP) is 6.32. The number of imidazole rings is 2. The molecule has 0 aliphatic carbocycles. The van der Waals surface area contributed by atoms with Gasteiger partial charge in [0.15, 0.2) is 0 Å². The van der Waals surface area contributed by atoms with Crippen molar-refractivity contribution in [1.29, 1.82) is 0 Å². The van der Waals surface area contributed by atoms with Crippen LogP contribution in [0.4, 0.5) is 0 Å². The highest BCUT2D eigenvalue weighted by Crippen LogP contribution is 2.13. The number of hydrogen-bond acceptors (Lipinski definition) is 3. The largest absolute Gasteiger partial charge is 0.333 e. The van der Waals surface area contributed by atoms with Crippen LogP contribution in [0.1, 0.15) is 28.7 Å². The topological polar surface area (TPSA) is 48.0 Å². The van der Waals surface area contributed by atoms with E-state index in [0.29, 0.717) is 11.8 Å². The molecule has 5 rings (SSSR count). The third-order valence-electron chi connectivity index (χ3n) is 4.89. The summed E-state index contributed by atoms with van der Waals surface area (Å²) >= 11 is 11.3. The Hall–Kier alpha value is -3.15. The van der Waals surface area contributed by atoms with Crippen LogP contribution in [0.25, 0.3) is 0 Å². The Bertz CT molecular complexity index is 1030. The molecule has 0 N–H and O–H groups in total. The molecule has 0 spiro atoms. The fourth-order valence-electron chi connectivity index (χ4n) is 3.14. The molecule has 0 amide bonds. The number of aliphatic imine (C=N–C) groups is 1. The van der Waals surface area contributed by atoms with Gasteiger partial charge in [0.2, 0.25) is 0 Å². The van der Waals surface area contributed by atoms with Crippen molar-refractivity contribution >= 4 is 29.4 Å². The zero-order valence-electron chi connectivity index (χ0n) is 18.3. The van der Waals surface area contributed by atoms with Crippen LogP contribution in [0, 0.1) is 0 Å². The van der Waals surface area contributed by atoms with E-state index >= 15 is 0 Å². The minimum absolute atomic E-state index is 0.545. The van der Waals surface area contributed by atoms with E-state index in [0.717, 1.165) is 30.6 Å². The summed E-state index contributed by atoms with van der Waals surface area (Å²) in [5.41, 5.74) is 4.87. The normalized spacial score (nSPS) is 11.5. The monoisotopic (exact) mass is 479 g/mol. The second kappa shape index (κ2) is 14.1. The molecule has 1 aliphatic heterocycles. The molecule has 2 aromatic carbocycles. The first-order chi connectivity index (χ1) is 16.3. The lowest BCUT2D eigenvalue weighted by Gasteiger charge is -2.10. The summed E-state index contributed by atoms with van der Waals surface area (Å²) in [7, 11) is 0. The summed E-state index contributed by atoms with van der Waals surface area (Å²) in [5.74, 6) is 1.09. The van der Waals surface area contributed by atoms with E-state index in [9.17, 15) is 0 Å². The Balaban J connectivity index is 0.000000170. The number of alkyl halides is 2. The predicted molar refractivity (Wildman–Crippen MR) is 137 cm³/mol. The van der Waals surface area contributed by atoms with Gasteiger partial charge in [-0.3, -0.25) is 4.99 Å². The number of aromatic nitrogens is 4. The van der Waals surface area contributed by atoms with Gasteiger partial charge in [-0.2, -0.15) is 0 Å². The molecule has 0 fully saturated rings. The number of rotatable bonds is 6. The van der Waals surface area contributed by atoms with E-state index in [1.165, 1.54) is 11.1 Å². The zero-order valence-corrected chi connectivity index (χ0v) is 19.9. The smallest absolute Gasteiger partial charge is 0.0949 e. The van der Waals surface area contributed by atoms with E-state index in [-0.39, 0.29) is 0 Å². The van der Waals surface area contributed by atoms with Crippen molar-refractivity contribution in [3.8, 4) is 0 Å². The highest BCUT2D eigenvalue weighted by molar-refractivity contribution is 6.18. The Morgan fingerprint density at radius 2 is 1.18 bits per heavy atom. The minimum Gasteiger partial charge on any atom is -0.333 e. The highest BCUT2D eigenvalue weighted by atomic mass is 35.5. The summed E-state index contributed by atoms with van der Waals surface area (Å²) in [4.78, 5) is 11.9. The number of benzene rings is 2. The summed E-state index contributed by atoms with van der Waals surface area (Å²) in [5, 5.41) is 0. The molecule has 0 unspecified atom stereocenters. The first kappa shape index (κ1) is 24.5. The SMILES string of the molecule is C1=CN=CC1.ClCc1ccccc1CCl.c1ccc(Cn2ccnc2)c(Cn2ccnc2)c1. The van der Waals surface area contributed by atoms with Gasteiger partial charge in [0.25, 0.3) is 0 Å². The van der Waals surface area contributed by atoms with Crippen LogP contribution < -0.4 is 0 Å². The van der Waals surface area contributed by atoms with Crippen molar-refractivity contribution in [2.45, 2.75) is 31.3 Å². The maximum absolute atomic E-state index is 5.65. The van der Waals surface area contributed by atoms with Crippen molar-refractivity contribution in [2.75, 3.05) is 0 Å². The molecule has 0 saturated heterocycles. The van der Waals surface area contributed by atoms with Crippen molar-refractivity contribution in [1.82, 2.24) is 19.1 Å². The fraction of sp³-hybridized carbons (Fsp3) is 0.192. The number of allylic oxidation sites excluding steroid dienone is 1. The van der Waals surface area contributed by atoms with Crippen molar-refractivity contribution in [2.24, 2.45) is 4.99 Å². The average molecular weight is 480 g/mol. The molecular formula is C26H27Cl2N5. The lowest BCUT2D eigenvalue weighted by atomic mass is 10.1. The third kappa shape index (κ3) is 8.37. The molecular weight excluding hydrogens is 453 g/mol. The number of hydrogen-bond donors (Lipinski definition) is 0. The van der Waals surface area contributed by atoms with Gasteiger partial charge in [-0.25, -0.2) is 9.97 Å². The van der Waals surface area contributed by atoms with Gasteiger partial charge in [0.05, 0.1) is 12.7 Å². The Morgan fingerprint density at radius 1 is 0.697 bits per heavy atom. The maximum atomic E-state index is 5.65. The van der Waals surface area contributed by atoms with Gasteiger partial charge in [-0.15, -0.1) is 23.2 Å². The third-order valence-corrected chi connectivity index (χ3v) is 5.46. The molecule has 0 atom stereocenters. The molecule has 170 valence electrons. The Kier molecular flexibility index (Phi) is 10.5. The zero-order chi connectivity index (χ0) is 23.1. The number of halogens is 2. The van der Waals surface area contributed by atoms with Crippen LogP contribution in [-0.2, 0) is 24.8 Å². The van der Waals surface area contributed by atoms with Gasteiger partial charge in [-0.05, 0) is 22.3 Å². The molecule has 5 nitrogen and oxygen atoms in total. The molecule has 2 aromatic heterocycles. The maximum Gasteiger partial charge on any atom is 0.0949 e. The lowest BCUT2D eigenvalue weighted by molar-refractivity contribution is 0.749. The van der Waals surface area contributed by atoms with Crippen LogP contribution in [0.5, 0.6) is 0 Å². The average Bonchev–Trinajstić information content (AvgIpc) is 3.66. The summed E-state index contributed by atoms with van der Waals surface area (Å²) in [6.07, 6.45) is 18.0. The van der Waals surface area contributed by atoms with Crippen LogP contribution in [0.3, 0.4) is 0 Å². The second-order valence-corrected chi connectivity index (χ2v) is 7.76. The van der Waals surface area contributed by atoms with Crippen molar-refractivity contribution in [3.63, 3.8) is 0 Å². The van der Waals surface area contributed by atoms with E-state index in [1.54, 1.807) is 18.6 Å². The summed E-state index contributed by atoms with van der Waals surface area (Å²) < 4.78 is 4.15. The van der Waals surface area contributed by atoms with Gasteiger partial charge in [0.1, 0.15) is 0 Å². The van der Waals surface area contributed by atoms with Crippen LogP contribution >= 0.6 is 23.2 Å². The lowest BCUT2D eigenvalue weighted by Crippen LogP contribution is -2.04. The molecule has 0 saturated carbocycles.